The zero-order chi connectivity index (χ0) is 15.8. The number of sulfonamides is 1. The Morgan fingerprint density at radius 2 is 1.81 bits per heavy atom. The molecule has 0 radical (unpaired) electrons. The van der Waals surface area contributed by atoms with Gasteiger partial charge in [0.05, 0.1) is 4.90 Å². The summed E-state index contributed by atoms with van der Waals surface area (Å²) in [7, 11) is -4.28. The van der Waals surface area contributed by atoms with Gasteiger partial charge >= 0.3 is 5.97 Å². The Morgan fingerprint density at radius 3 is 2.29 bits per heavy atom. The Bertz CT molecular complexity index is 796. The summed E-state index contributed by atoms with van der Waals surface area (Å²) in [6.45, 7) is 0. The second-order valence-corrected chi connectivity index (χ2v) is 7.31. The summed E-state index contributed by atoms with van der Waals surface area (Å²) in [6, 6.07) is 2.71. The molecular weight excluding hydrogens is 392 g/mol. The highest BCUT2D eigenvalue weighted by atomic mass is 79.9. The third-order valence-corrected chi connectivity index (χ3v) is 5.19. The maximum absolute atomic E-state index is 13.6. The van der Waals surface area contributed by atoms with Gasteiger partial charge in [-0.3, -0.25) is 4.72 Å². The summed E-state index contributed by atoms with van der Waals surface area (Å²) in [5.74, 6) is -3.49. The monoisotopic (exact) mass is 397 g/mol. The summed E-state index contributed by atoms with van der Waals surface area (Å²) in [5.41, 5.74) is -0.832. The van der Waals surface area contributed by atoms with Gasteiger partial charge in [0.25, 0.3) is 10.0 Å². The zero-order valence-corrected chi connectivity index (χ0v) is 13.2. The largest absolute Gasteiger partial charge is 0.477 e. The minimum Gasteiger partial charge on any atom is -0.477 e. The number of nitrogens with one attached hydrogen (secondary N) is 1. The molecule has 0 fully saturated rings. The van der Waals surface area contributed by atoms with Crippen LogP contribution in [-0.4, -0.2) is 19.5 Å². The predicted molar refractivity (Wildman–Crippen MR) is 76.1 cm³/mol. The van der Waals surface area contributed by atoms with E-state index in [0.717, 1.165) is 23.6 Å². The molecule has 112 valence electrons. The average Bonchev–Trinajstić information content (AvgIpc) is 2.84. The van der Waals surface area contributed by atoms with Crippen molar-refractivity contribution in [1.29, 1.82) is 0 Å². The SMILES string of the molecule is O=C(O)c1cc(S(=O)(=O)Nc2c(F)cc(Br)cc2F)cs1. The van der Waals surface area contributed by atoms with E-state index in [2.05, 4.69) is 15.9 Å². The van der Waals surface area contributed by atoms with Crippen LogP contribution in [0.4, 0.5) is 14.5 Å². The van der Waals surface area contributed by atoms with Crippen molar-refractivity contribution in [2.24, 2.45) is 0 Å². The fourth-order valence-electron chi connectivity index (χ4n) is 1.40. The van der Waals surface area contributed by atoms with Gasteiger partial charge in [0, 0.05) is 9.85 Å². The molecule has 21 heavy (non-hydrogen) atoms. The topological polar surface area (TPSA) is 83.5 Å². The number of hydrogen-bond donors (Lipinski definition) is 2. The molecule has 0 saturated carbocycles. The standard InChI is InChI=1S/C11H6BrF2NO4S2/c12-5-1-7(13)10(8(14)2-5)15-21(18,19)6-3-9(11(16)17)20-4-6/h1-4,15H,(H,16,17). The van der Waals surface area contributed by atoms with Crippen molar-refractivity contribution in [3.8, 4) is 0 Å². The molecule has 0 bridgehead atoms. The number of carboxylic acids is 1. The van der Waals surface area contributed by atoms with E-state index in [1.165, 1.54) is 0 Å². The lowest BCUT2D eigenvalue weighted by Crippen LogP contribution is -2.14. The number of carbonyl (C=O) groups is 1. The maximum atomic E-state index is 13.6. The molecule has 0 saturated heterocycles. The highest BCUT2D eigenvalue weighted by molar-refractivity contribution is 9.10. The van der Waals surface area contributed by atoms with Crippen LogP contribution in [0.5, 0.6) is 0 Å². The third-order valence-electron chi connectivity index (χ3n) is 2.34. The average molecular weight is 398 g/mol. The van der Waals surface area contributed by atoms with Crippen molar-refractivity contribution in [2.45, 2.75) is 4.90 Å². The van der Waals surface area contributed by atoms with Gasteiger partial charge in [-0.1, -0.05) is 15.9 Å². The van der Waals surface area contributed by atoms with E-state index in [1.54, 1.807) is 4.72 Å². The van der Waals surface area contributed by atoms with Gasteiger partial charge in [0.2, 0.25) is 0 Å². The molecule has 1 aromatic heterocycles. The van der Waals surface area contributed by atoms with Crippen LogP contribution in [0.15, 0.2) is 32.9 Å². The molecular formula is C11H6BrF2NO4S2. The number of anilines is 1. The molecule has 0 amide bonds. The number of halogens is 3. The van der Waals surface area contributed by atoms with Crippen LogP contribution in [0, 0.1) is 11.6 Å². The van der Waals surface area contributed by atoms with E-state index < -0.39 is 33.3 Å². The fraction of sp³-hybridized carbons (Fsp3) is 0. The van der Waals surface area contributed by atoms with Crippen LogP contribution in [-0.2, 0) is 10.0 Å². The minimum atomic E-state index is -4.28. The molecule has 10 heteroatoms. The number of rotatable bonds is 4. The second-order valence-electron chi connectivity index (χ2n) is 3.80. The first kappa shape index (κ1) is 15.9. The van der Waals surface area contributed by atoms with Gasteiger partial charge in [-0.2, -0.15) is 0 Å². The van der Waals surface area contributed by atoms with Crippen LogP contribution in [0.25, 0.3) is 0 Å². The molecule has 1 heterocycles. The van der Waals surface area contributed by atoms with Gasteiger partial charge in [0.15, 0.2) is 11.6 Å². The van der Waals surface area contributed by atoms with Crippen LogP contribution >= 0.6 is 27.3 Å². The fourth-order valence-corrected chi connectivity index (χ4v) is 3.99. The quantitative estimate of drug-likeness (QED) is 0.828. The minimum absolute atomic E-state index is 0.115. The first-order valence-corrected chi connectivity index (χ1v) is 8.35. The second kappa shape index (κ2) is 5.70. The summed E-state index contributed by atoms with van der Waals surface area (Å²) in [6.07, 6.45) is 0. The van der Waals surface area contributed by atoms with Gasteiger partial charge in [0.1, 0.15) is 10.6 Å². The van der Waals surface area contributed by atoms with Crippen molar-refractivity contribution in [3.05, 3.63) is 44.6 Å². The Balaban J connectivity index is 2.40. The number of hydrogen-bond acceptors (Lipinski definition) is 4. The Hall–Kier alpha value is -1.52. The lowest BCUT2D eigenvalue weighted by molar-refractivity contribution is 0.0702. The number of aromatic carboxylic acids is 1. The van der Waals surface area contributed by atoms with E-state index in [4.69, 9.17) is 5.11 Å². The molecule has 2 N–H and O–H groups in total. The molecule has 0 unspecified atom stereocenters. The van der Waals surface area contributed by atoms with E-state index in [0.29, 0.717) is 11.3 Å². The number of benzene rings is 1. The van der Waals surface area contributed by atoms with Gasteiger partial charge in [-0.05, 0) is 18.2 Å². The molecule has 0 aliphatic rings. The normalized spacial score (nSPS) is 11.4. The lowest BCUT2D eigenvalue weighted by Gasteiger charge is -2.09. The Labute approximate surface area is 130 Å². The maximum Gasteiger partial charge on any atom is 0.345 e. The van der Waals surface area contributed by atoms with E-state index in [1.807, 2.05) is 0 Å². The lowest BCUT2D eigenvalue weighted by atomic mass is 10.3. The first-order valence-electron chi connectivity index (χ1n) is 5.20. The smallest absolute Gasteiger partial charge is 0.345 e. The van der Waals surface area contributed by atoms with Crippen molar-refractivity contribution < 1.29 is 27.1 Å². The highest BCUT2D eigenvalue weighted by Crippen LogP contribution is 2.27. The molecule has 5 nitrogen and oxygen atoms in total. The Kier molecular flexibility index (Phi) is 4.30. The first-order chi connectivity index (χ1) is 9.70. The summed E-state index contributed by atoms with van der Waals surface area (Å²) in [4.78, 5) is 10.1. The van der Waals surface area contributed by atoms with Gasteiger partial charge in [-0.25, -0.2) is 22.0 Å². The molecule has 0 atom stereocenters. The third kappa shape index (κ3) is 3.39. The number of thiophene rings is 1. The predicted octanol–water partition coefficient (Wildman–Crippen LogP) is 3.29. The Morgan fingerprint density at radius 1 is 1.24 bits per heavy atom. The summed E-state index contributed by atoms with van der Waals surface area (Å²) >= 11 is 3.56. The van der Waals surface area contributed by atoms with E-state index >= 15 is 0 Å². The van der Waals surface area contributed by atoms with Crippen LogP contribution in [0.3, 0.4) is 0 Å². The van der Waals surface area contributed by atoms with Crippen molar-refractivity contribution in [2.75, 3.05) is 4.72 Å². The summed E-state index contributed by atoms with van der Waals surface area (Å²) in [5, 5.41) is 9.81. The summed E-state index contributed by atoms with van der Waals surface area (Å²) < 4.78 is 53.1. The molecule has 2 rings (SSSR count). The van der Waals surface area contributed by atoms with E-state index in [9.17, 15) is 22.0 Å². The molecule has 1 aromatic carbocycles. The van der Waals surface area contributed by atoms with Crippen molar-refractivity contribution in [1.82, 2.24) is 0 Å². The van der Waals surface area contributed by atoms with Crippen molar-refractivity contribution in [3.63, 3.8) is 0 Å². The highest BCUT2D eigenvalue weighted by Gasteiger charge is 2.22. The van der Waals surface area contributed by atoms with Gasteiger partial charge in [-0.15, -0.1) is 11.3 Å². The number of carboxylic acid groups (broad SMARTS) is 1. The van der Waals surface area contributed by atoms with Crippen molar-refractivity contribution >= 4 is 48.9 Å². The van der Waals surface area contributed by atoms with E-state index in [-0.39, 0.29) is 14.2 Å². The van der Waals surface area contributed by atoms with Crippen LogP contribution in [0.2, 0.25) is 0 Å². The molecule has 0 aliphatic carbocycles. The molecule has 0 aliphatic heterocycles. The molecule has 2 aromatic rings. The zero-order valence-electron chi connectivity index (χ0n) is 9.93. The van der Waals surface area contributed by atoms with Crippen LogP contribution in [0.1, 0.15) is 9.67 Å². The van der Waals surface area contributed by atoms with Crippen LogP contribution < -0.4 is 4.72 Å². The van der Waals surface area contributed by atoms with Gasteiger partial charge < -0.3 is 5.11 Å². The molecule has 0 spiro atoms.